The van der Waals surface area contributed by atoms with Crippen molar-refractivity contribution >= 4 is 5.97 Å². The van der Waals surface area contributed by atoms with Gasteiger partial charge in [0.05, 0.1) is 18.7 Å². The monoisotopic (exact) mass is 303 g/mol. The minimum Gasteiger partial charge on any atom is -0.469 e. The molecule has 1 N–H and O–H groups in total. The smallest absolute Gasteiger partial charge is 0.308 e. The minimum atomic E-state index is -0.0629. The molecule has 1 aromatic rings. The van der Waals surface area contributed by atoms with Crippen LogP contribution in [0.15, 0.2) is 12.3 Å². The highest BCUT2D eigenvalue weighted by molar-refractivity contribution is 5.72. The van der Waals surface area contributed by atoms with E-state index in [0.29, 0.717) is 5.92 Å². The SMILES string of the molecule is COC(=O)C1CCN(Cc2cc(C)c(C3CNC3)cn2)CC1. The molecule has 0 aliphatic carbocycles. The van der Waals surface area contributed by atoms with E-state index in [2.05, 4.69) is 34.4 Å². The molecule has 0 amide bonds. The van der Waals surface area contributed by atoms with Crippen molar-refractivity contribution in [1.82, 2.24) is 15.2 Å². The molecule has 0 spiro atoms. The zero-order valence-corrected chi connectivity index (χ0v) is 13.5. The van der Waals surface area contributed by atoms with Gasteiger partial charge in [0.15, 0.2) is 0 Å². The lowest BCUT2D eigenvalue weighted by Crippen LogP contribution is -2.40. The summed E-state index contributed by atoms with van der Waals surface area (Å²) in [4.78, 5) is 18.6. The van der Waals surface area contributed by atoms with E-state index in [1.54, 1.807) is 0 Å². The molecule has 3 heterocycles. The van der Waals surface area contributed by atoms with Gasteiger partial charge in [-0.1, -0.05) is 0 Å². The molecular weight excluding hydrogens is 278 g/mol. The average Bonchev–Trinajstić information content (AvgIpc) is 2.48. The molecule has 0 bridgehead atoms. The number of methoxy groups -OCH3 is 1. The predicted molar refractivity (Wildman–Crippen MR) is 84.6 cm³/mol. The second-order valence-corrected chi connectivity index (χ2v) is 6.46. The molecule has 0 unspecified atom stereocenters. The third-order valence-corrected chi connectivity index (χ3v) is 4.94. The summed E-state index contributed by atoms with van der Waals surface area (Å²) in [5, 5.41) is 3.31. The maximum Gasteiger partial charge on any atom is 0.308 e. The lowest BCUT2D eigenvalue weighted by Gasteiger charge is -2.31. The Morgan fingerprint density at radius 1 is 1.41 bits per heavy atom. The van der Waals surface area contributed by atoms with E-state index in [4.69, 9.17) is 4.74 Å². The second-order valence-electron chi connectivity index (χ2n) is 6.46. The molecule has 3 rings (SSSR count). The van der Waals surface area contributed by atoms with Crippen molar-refractivity contribution in [2.75, 3.05) is 33.3 Å². The standard InChI is InChI=1S/C17H25N3O2/c1-12-7-15(19-10-16(12)14-8-18-9-14)11-20-5-3-13(4-6-20)17(21)22-2/h7,10,13-14,18H,3-6,8-9,11H2,1-2H3. The summed E-state index contributed by atoms with van der Waals surface area (Å²) in [6, 6.07) is 2.22. The number of nitrogens with one attached hydrogen (secondary N) is 1. The fourth-order valence-corrected chi connectivity index (χ4v) is 3.37. The van der Waals surface area contributed by atoms with Crippen LogP contribution in [0.3, 0.4) is 0 Å². The summed E-state index contributed by atoms with van der Waals surface area (Å²) >= 11 is 0. The maximum atomic E-state index is 11.6. The van der Waals surface area contributed by atoms with E-state index < -0.39 is 0 Å². The predicted octanol–water partition coefficient (Wildman–Crippen LogP) is 1.46. The fourth-order valence-electron chi connectivity index (χ4n) is 3.37. The molecule has 120 valence electrons. The van der Waals surface area contributed by atoms with Crippen molar-refractivity contribution in [2.45, 2.75) is 32.2 Å². The number of rotatable bonds is 4. The Bertz CT molecular complexity index is 535. The number of hydrogen-bond acceptors (Lipinski definition) is 5. The summed E-state index contributed by atoms with van der Waals surface area (Å²) in [7, 11) is 1.47. The number of aromatic nitrogens is 1. The van der Waals surface area contributed by atoms with E-state index in [0.717, 1.165) is 51.3 Å². The first kappa shape index (κ1) is 15.4. The van der Waals surface area contributed by atoms with Crippen LogP contribution in [0.2, 0.25) is 0 Å². The van der Waals surface area contributed by atoms with Gasteiger partial charge in [0.1, 0.15) is 0 Å². The van der Waals surface area contributed by atoms with Gasteiger partial charge in [-0.3, -0.25) is 14.7 Å². The van der Waals surface area contributed by atoms with E-state index >= 15 is 0 Å². The van der Waals surface area contributed by atoms with Crippen molar-refractivity contribution in [3.63, 3.8) is 0 Å². The van der Waals surface area contributed by atoms with Crippen LogP contribution in [-0.2, 0) is 16.1 Å². The van der Waals surface area contributed by atoms with Gasteiger partial charge in [-0.25, -0.2) is 0 Å². The number of hydrogen-bond donors (Lipinski definition) is 1. The Morgan fingerprint density at radius 2 is 2.14 bits per heavy atom. The molecule has 0 aromatic carbocycles. The first-order valence-electron chi connectivity index (χ1n) is 8.13. The lowest BCUT2D eigenvalue weighted by molar-refractivity contribution is -0.147. The number of ether oxygens (including phenoxy) is 1. The number of aryl methyl sites for hydroxylation is 1. The molecule has 1 aromatic heterocycles. The molecule has 2 aliphatic rings. The van der Waals surface area contributed by atoms with E-state index in [1.165, 1.54) is 18.2 Å². The molecule has 0 radical (unpaired) electrons. The van der Waals surface area contributed by atoms with Gasteiger partial charge in [0.25, 0.3) is 0 Å². The van der Waals surface area contributed by atoms with Crippen LogP contribution < -0.4 is 5.32 Å². The van der Waals surface area contributed by atoms with Crippen molar-refractivity contribution in [2.24, 2.45) is 5.92 Å². The quantitative estimate of drug-likeness (QED) is 0.854. The molecule has 5 heteroatoms. The number of carbonyl (C=O) groups excluding carboxylic acids is 1. The van der Waals surface area contributed by atoms with Gasteiger partial charge in [0, 0.05) is 31.7 Å². The van der Waals surface area contributed by atoms with Crippen molar-refractivity contribution < 1.29 is 9.53 Å². The van der Waals surface area contributed by atoms with Crippen molar-refractivity contribution in [3.8, 4) is 0 Å². The third kappa shape index (κ3) is 3.31. The normalized spacial score (nSPS) is 20.6. The number of likely N-dealkylation sites (tertiary alicyclic amines) is 1. The Kier molecular flexibility index (Phi) is 4.74. The summed E-state index contributed by atoms with van der Waals surface area (Å²) in [5.74, 6) is 0.647. The molecule has 22 heavy (non-hydrogen) atoms. The number of carbonyl (C=O) groups is 1. The van der Waals surface area contributed by atoms with Crippen LogP contribution in [-0.4, -0.2) is 49.1 Å². The summed E-state index contributed by atoms with van der Waals surface area (Å²) in [6.07, 6.45) is 3.83. The zero-order valence-electron chi connectivity index (χ0n) is 13.5. The van der Waals surface area contributed by atoms with Gasteiger partial charge < -0.3 is 10.1 Å². The largest absolute Gasteiger partial charge is 0.469 e. The topological polar surface area (TPSA) is 54.5 Å². The van der Waals surface area contributed by atoms with E-state index in [1.807, 2.05) is 0 Å². The maximum absolute atomic E-state index is 11.6. The highest BCUT2D eigenvalue weighted by Crippen LogP contribution is 2.24. The number of esters is 1. The second kappa shape index (κ2) is 6.75. The first-order chi connectivity index (χ1) is 10.7. The first-order valence-corrected chi connectivity index (χ1v) is 8.13. The summed E-state index contributed by atoms with van der Waals surface area (Å²) < 4.78 is 4.84. The van der Waals surface area contributed by atoms with Gasteiger partial charge >= 0.3 is 5.97 Å². The van der Waals surface area contributed by atoms with E-state index in [-0.39, 0.29) is 11.9 Å². The van der Waals surface area contributed by atoms with Crippen LogP contribution in [0.1, 0.15) is 35.6 Å². The van der Waals surface area contributed by atoms with Gasteiger partial charge in [-0.2, -0.15) is 0 Å². The third-order valence-electron chi connectivity index (χ3n) is 4.94. The highest BCUT2D eigenvalue weighted by Gasteiger charge is 2.26. The van der Waals surface area contributed by atoms with Crippen LogP contribution in [0, 0.1) is 12.8 Å². The van der Waals surface area contributed by atoms with Gasteiger partial charge in [-0.15, -0.1) is 0 Å². The molecular formula is C17H25N3O2. The Hall–Kier alpha value is -1.46. The Morgan fingerprint density at radius 3 is 2.68 bits per heavy atom. The van der Waals surface area contributed by atoms with Crippen LogP contribution >= 0.6 is 0 Å². The van der Waals surface area contributed by atoms with Crippen LogP contribution in [0.4, 0.5) is 0 Å². The van der Waals surface area contributed by atoms with E-state index in [9.17, 15) is 4.79 Å². The Labute approximate surface area is 132 Å². The number of piperidine rings is 1. The summed E-state index contributed by atoms with van der Waals surface area (Å²) in [5.41, 5.74) is 3.86. The number of pyridine rings is 1. The molecule has 0 saturated carbocycles. The minimum absolute atomic E-state index is 0.0629. The fraction of sp³-hybridized carbons (Fsp3) is 0.647. The van der Waals surface area contributed by atoms with Crippen LogP contribution in [0.25, 0.3) is 0 Å². The van der Waals surface area contributed by atoms with Crippen LogP contribution in [0.5, 0.6) is 0 Å². The number of nitrogens with zero attached hydrogens (tertiary/aromatic N) is 2. The highest BCUT2D eigenvalue weighted by atomic mass is 16.5. The van der Waals surface area contributed by atoms with Crippen molar-refractivity contribution in [1.29, 1.82) is 0 Å². The Balaban J connectivity index is 1.55. The molecule has 2 saturated heterocycles. The lowest BCUT2D eigenvalue weighted by atomic mass is 9.91. The molecule has 0 atom stereocenters. The molecule has 5 nitrogen and oxygen atoms in total. The zero-order chi connectivity index (χ0) is 15.5. The van der Waals surface area contributed by atoms with Gasteiger partial charge in [-0.05, 0) is 50.0 Å². The molecule has 2 fully saturated rings. The van der Waals surface area contributed by atoms with Gasteiger partial charge in [0.2, 0.25) is 0 Å². The average molecular weight is 303 g/mol. The van der Waals surface area contributed by atoms with Crippen molar-refractivity contribution in [3.05, 3.63) is 29.1 Å². The summed E-state index contributed by atoms with van der Waals surface area (Å²) in [6.45, 7) is 7.08. The molecule has 2 aliphatic heterocycles.